The lowest BCUT2D eigenvalue weighted by Gasteiger charge is -2.18. The maximum absolute atomic E-state index is 5.96. The van der Waals surface area contributed by atoms with Gasteiger partial charge >= 0.3 is 0 Å². The summed E-state index contributed by atoms with van der Waals surface area (Å²) in [5, 5.41) is 0.899. The second-order valence-corrected chi connectivity index (χ2v) is 6.76. The molecule has 0 aliphatic rings. The van der Waals surface area contributed by atoms with Gasteiger partial charge in [0.25, 0.3) is 0 Å². The molecule has 21 heavy (non-hydrogen) atoms. The molecule has 6 heteroatoms. The van der Waals surface area contributed by atoms with Gasteiger partial charge in [-0.05, 0) is 36.3 Å². The largest absolute Gasteiger partial charge is 0.479 e. The summed E-state index contributed by atoms with van der Waals surface area (Å²) in [7, 11) is 0. The van der Waals surface area contributed by atoms with Gasteiger partial charge in [-0.25, -0.2) is 4.98 Å². The Bertz CT molecular complexity index is 558. The van der Waals surface area contributed by atoms with Crippen LogP contribution in [0.3, 0.4) is 0 Å². The summed E-state index contributed by atoms with van der Waals surface area (Å²) in [4.78, 5) is 4.08. The monoisotopic (exact) mass is 340 g/mol. The number of halogens is 1. The highest BCUT2D eigenvalue weighted by Crippen LogP contribution is 2.32. The number of benzene rings is 1. The summed E-state index contributed by atoms with van der Waals surface area (Å²) >= 11 is 12.8. The van der Waals surface area contributed by atoms with Crippen molar-refractivity contribution in [3.8, 4) is 0 Å². The zero-order valence-corrected chi connectivity index (χ0v) is 14.1. The lowest BCUT2D eigenvalue weighted by molar-refractivity contribution is 0.321. The number of ether oxygens (including phenoxy) is 1. The highest BCUT2D eigenvalue weighted by atomic mass is 35.5. The van der Waals surface area contributed by atoms with Crippen LogP contribution in [0, 0.1) is 0 Å². The number of aromatic nitrogens is 2. The molecule has 1 heterocycles. The quantitative estimate of drug-likeness (QED) is 0.711. The number of rotatable bonds is 6. The van der Waals surface area contributed by atoms with Crippen molar-refractivity contribution in [1.82, 2.24) is 9.55 Å². The number of hydrogen-bond acceptors (Lipinski definition) is 4. The Morgan fingerprint density at radius 2 is 2.19 bits per heavy atom. The van der Waals surface area contributed by atoms with Gasteiger partial charge in [-0.15, -0.1) is 0 Å². The van der Waals surface area contributed by atoms with Gasteiger partial charge in [-0.3, -0.25) is 0 Å². The molecule has 1 atom stereocenters. The van der Waals surface area contributed by atoms with Crippen LogP contribution in [0.4, 0.5) is 0 Å². The second kappa shape index (κ2) is 8.41. The second-order valence-electron chi connectivity index (χ2n) is 4.52. The van der Waals surface area contributed by atoms with Gasteiger partial charge in [0.05, 0.1) is 18.2 Å². The first kappa shape index (κ1) is 16.3. The van der Waals surface area contributed by atoms with Crippen LogP contribution in [-0.2, 0) is 11.3 Å². The third kappa shape index (κ3) is 5.34. The number of thioether (sulfide) groups is 1. The Balaban J connectivity index is 2.09. The molecule has 3 nitrogen and oxygen atoms in total. The maximum atomic E-state index is 5.96. The summed E-state index contributed by atoms with van der Waals surface area (Å²) in [5.74, 6) is 0. The first-order valence-corrected chi connectivity index (χ1v) is 8.40. The van der Waals surface area contributed by atoms with Crippen LogP contribution in [0.5, 0.6) is 0 Å². The molecule has 0 aliphatic heterocycles. The Morgan fingerprint density at radius 3 is 2.81 bits per heavy atom. The lowest BCUT2D eigenvalue weighted by atomic mass is 10.1. The zero-order valence-electron chi connectivity index (χ0n) is 11.7. The van der Waals surface area contributed by atoms with Crippen LogP contribution in [0.1, 0.15) is 24.2 Å². The molecule has 1 aromatic carbocycles. The minimum absolute atomic E-state index is 0.167. The SMILES string of the molecule is CCCOC(=S)SC(Cn1ccnc1)c1ccc(Cl)cc1. The van der Waals surface area contributed by atoms with E-state index in [1.807, 2.05) is 35.0 Å². The van der Waals surface area contributed by atoms with Crippen molar-refractivity contribution in [3.05, 3.63) is 53.6 Å². The van der Waals surface area contributed by atoms with Gasteiger partial charge in [-0.1, -0.05) is 42.4 Å². The van der Waals surface area contributed by atoms with E-state index in [0.29, 0.717) is 11.0 Å². The smallest absolute Gasteiger partial charge is 0.220 e. The van der Waals surface area contributed by atoms with Crippen LogP contribution in [0.25, 0.3) is 0 Å². The molecule has 0 fully saturated rings. The van der Waals surface area contributed by atoms with Crippen LogP contribution >= 0.6 is 35.6 Å². The molecule has 0 amide bonds. The first-order valence-electron chi connectivity index (χ1n) is 6.73. The first-order chi connectivity index (χ1) is 10.2. The van der Waals surface area contributed by atoms with E-state index in [4.69, 9.17) is 28.6 Å². The van der Waals surface area contributed by atoms with Crippen molar-refractivity contribution < 1.29 is 4.74 Å². The molecule has 1 aromatic heterocycles. The summed E-state index contributed by atoms with van der Waals surface area (Å²) in [5.41, 5.74) is 1.17. The Hall–Kier alpha value is -1.04. The summed E-state index contributed by atoms with van der Waals surface area (Å²) in [6.45, 7) is 3.50. The topological polar surface area (TPSA) is 27.1 Å². The fourth-order valence-corrected chi connectivity index (χ4v) is 3.29. The highest BCUT2D eigenvalue weighted by molar-refractivity contribution is 8.22. The number of imidazole rings is 1. The molecule has 0 bridgehead atoms. The molecule has 2 rings (SSSR count). The molecule has 2 aromatic rings. The van der Waals surface area contributed by atoms with Gasteiger partial charge in [-0.2, -0.15) is 0 Å². The van der Waals surface area contributed by atoms with Crippen molar-refractivity contribution in [2.24, 2.45) is 0 Å². The molecule has 0 saturated heterocycles. The van der Waals surface area contributed by atoms with E-state index in [9.17, 15) is 0 Å². The maximum Gasteiger partial charge on any atom is 0.220 e. The van der Waals surface area contributed by atoms with Crippen molar-refractivity contribution in [3.63, 3.8) is 0 Å². The van der Waals surface area contributed by atoms with Gasteiger partial charge in [0.15, 0.2) is 0 Å². The van der Waals surface area contributed by atoms with E-state index >= 15 is 0 Å². The van der Waals surface area contributed by atoms with Crippen molar-refractivity contribution in [2.75, 3.05) is 6.61 Å². The average molecular weight is 341 g/mol. The van der Waals surface area contributed by atoms with Gasteiger partial charge in [0.2, 0.25) is 4.38 Å². The lowest BCUT2D eigenvalue weighted by Crippen LogP contribution is -2.09. The van der Waals surface area contributed by atoms with E-state index in [-0.39, 0.29) is 5.25 Å². The molecular formula is C15H17ClN2OS2. The molecular weight excluding hydrogens is 324 g/mol. The fourth-order valence-electron chi connectivity index (χ4n) is 1.81. The summed E-state index contributed by atoms with van der Waals surface area (Å²) in [6.07, 6.45) is 6.47. The standard InChI is InChI=1S/C15H17ClN2OS2/c1-2-9-19-15(20)21-14(10-18-8-7-17-11-18)12-3-5-13(16)6-4-12/h3-8,11,14H,2,9-10H2,1H3. The fraction of sp³-hybridized carbons (Fsp3) is 0.333. The third-order valence-corrected chi connectivity index (χ3v) is 4.51. The van der Waals surface area contributed by atoms with E-state index in [1.54, 1.807) is 24.3 Å². The number of hydrogen-bond donors (Lipinski definition) is 0. The molecule has 0 spiro atoms. The molecule has 0 radical (unpaired) electrons. The van der Waals surface area contributed by atoms with Crippen LogP contribution < -0.4 is 0 Å². The highest BCUT2D eigenvalue weighted by Gasteiger charge is 2.16. The third-order valence-electron chi connectivity index (χ3n) is 2.84. The molecule has 112 valence electrons. The molecule has 0 aliphatic carbocycles. The van der Waals surface area contributed by atoms with E-state index in [1.165, 1.54) is 5.56 Å². The van der Waals surface area contributed by atoms with Crippen molar-refractivity contribution in [1.29, 1.82) is 0 Å². The Morgan fingerprint density at radius 1 is 1.43 bits per heavy atom. The van der Waals surface area contributed by atoms with Gasteiger partial charge in [0, 0.05) is 24.0 Å². The van der Waals surface area contributed by atoms with Gasteiger partial charge < -0.3 is 9.30 Å². The summed E-state index contributed by atoms with van der Waals surface area (Å²) < 4.78 is 8.15. The Kier molecular flexibility index (Phi) is 6.54. The van der Waals surface area contributed by atoms with Crippen LogP contribution in [0.15, 0.2) is 43.0 Å². The van der Waals surface area contributed by atoms with Crippen molar-refractivity contribution in [2.45, 2.75) is 25.1 Å². The van der Waals surface area contributed by atoms with E-state index < -0.39 is 0 Å². The Labute approximate surface area is 139 Å². The van der Waals surface area contributed by atoms with Crippen molar-refractivity contribution >= 4 is 40.0 Å². The molecule has 0 N–H and O–H groups in total. The zero-order chi connectivity index (χ0) is 15.1. The van der Waals surface area contributed by atoms with Crippen LogP contribution in [-0.4, -0.2) is 20.5 Å². The van der Waals surface area contributed by atoms with Gasteiger partial charge in [0.1, 0.15) is 0 Å². The minimum Gasteiger partial charge on any atom is -0.479 e. The predicted octanol–water partition coefficient (Wildman–Crippen LogP) is 4.72. The average Bonchev–Trinajstić information content (AvgIpc) is 2.98. The molecule has 0 saturated carbocycles. The minimum atomic E-state index is 0.167. The number of nitrogens with zero attached hydrogens (tertiary/aromatic N) is 2. The van der Waals surface area contributed by atoms with E-state index in [0.717, 1.165) is 18.0 Å². The normalized spacial score (nSPS) is 12.1. The van der Waals surface area contributed by atoms with E-state index in [2.05, 4.69) is 11.9 Å². The molecule has 1 unspecified atom stereocenters. The number of thiocarbonyl (C=S) groups is 1. The summed E-state index contributed by atoms with van der Waals surface area (Å²) in [6, 6.07) is 7.85. The van der Waals surface area contributed by atoms with Crippen LogP contribution in [0.2, 0.25) is 5.02 Å². The predicted molar refractivity (Wildman–Crippen MR) is 92.9 cm³/mol.